The van der Waals surface area contributed by atoms with Crippen molar-refractivity contribution in [3.8, 4) is 5.75 Å². The number of rotatable bonds is 5. The Labute approximate surface area is 122 Å². The van der Waals surface area contributed by atoms with E-state index >= 15 is 0 Å². The summed E-state index contributed by atoms with van der Waals surface area (Å²) in [6, 6.07) is 9.68. The molecule has 0 amide bonds. The van der Waals surface area contributed by atoms with Crippen LogP contribution >= 0.6 is 0 Å². The van der Waals surface area contributed by atoms with Gasteiger partial charge in [-0.1, -0.05) is 12.1 Å². The first-order valence-electron chi connectivity index (χ1n) is 6.21. The molecule has 0 saturated carbocycles. The molecule has 0 aliphatic carbocycles. The van der Waals surface area contributed by atoms with Gasteiger partial charge in [-0.15, -0.1) is 0 Å². The highest BCUT2D eigenvalue weighted by Gasteiger charge is 2.18. The molecule has 21 heavy (non-hydrogen) atoms. The van der Waals surface area contributed by atoms with Gasteiger partial charge in [0.25, 0.3) is 0 Å². The zero-order valence-electron chi connectivity index (χ0n) is 11.4. The molecule has 0 aliphatic rings. The van der Waals surface area contributed by atoms with Gasteiger partial charge >= 0.3 is 0 Å². The second-order valence-electron chi connectivity index (χ2n) is 4.52. The summed E-state index contributed by atoms with van der Waals surface area (Å²) in [5, 5.41) is 9.14. The SMILES string of the molecule is COc1ccc(CO)cc1CS(=O)(=O)c1cccc(F)c1. The van der Waals surface area contributed by atoms with Gasteiger partial charge in [-0.25, -0.2) is 12.8 Å². The molecule has 2 aromatic carbocycles. The van der Waals surface area contributed by atoms with Gasteiger partial charge in [0.2, 0.25) is 0 Å². The van der Waals surface area contributed by atoms with Crippen LogP contribution in [0.1, 0.15) is 11.1 Å². The fourth-order valence-corrected chi connectivity index (χ4v) is 3.37. The number of sulfone groups is 1. The lowest BCUT2D eigenvalue weighted by Crippen LogP contribution is -2.07. The van der Waals surface area contributed by atoms with Gasteiger partial charge in [-0.05, 0) is 35.9 Å². The molecule has 0 unspecified atom stereocenters. The van der Waals surface area contributed by atoms with Crippen LogP contribution < -0.4 is 4.74 Å². The minimum absolute atomic E-state index is 0.0843. The third-order valence-electron chi connectivity index (χ3n) is 3.03. The zero-order valence-corrected chi connectivity index (χ0v) is 12.2. The van der Waals surface area contributed by atoms with Crippen molar-refractivity contribution in [1.29, 1.82) is 0 Å². The fourth-order valence-electron chi connectivity index (χ4n) is 1.99. The third kappa shape index (κ3) is 3.59. The first kappa shape index (κ1) is 15.5. The lowest BCUT2D eigenvalue weighted by atomic mass is 10.1. The molecule has 2 aromatic rings. The van der Waals surface area contributed by atoms with Crippen LogP contribution in [0.4, 0.5) is 4.39 Å². The quantitative estimate of drug-likeness (QED) is 0.920. The smallest absolute Gasteiger partial charge is 0.182 e. The van der Waals surface area contributed by atoms with Crippen LogP contribution in [-0.2, 0) is 22.2 Å². The fraction of sp³-hybridized carbons (Fsp3) is 0.200. The number of halogens is 1. The Balaban J connectivity index is 2.40. The summed E-state index contributed by atoms with van der Waals surface area (Å²) in [6.45, 7) is -0.197. The predicted molar refractivity (Wildman–Crippen MR) is 76.2 cm³/mol. The summed E-state index contributed by atoms with van der Waals surface area (Å²) in [7, 11) is -2.26. The molecule has 4 nitrogen and oxygen atoms in total. The van der Waals surface area contributed by atoms with Crippen LogP contribution in [0.5, 0.6) is 5.75 Å². The van der Waals surface area contributed by atoms with E-state index in [-0.39, 0.29) is 17.3 Å². The third-order valence-corrected chi connectivity index (χ3v) is 4.69. The Morgan fingerprint density at radius 1 is 1.19 bits per heavy atom. The number of benzene rings is 2. The van der Waals surface area contributed by atoms with Crippen LogP contribution in [0.3, 0.4) is 0 Å². The van der Waals surface area contributed by atoms with E-state index in [1.165, 1.54) is 25.3 Å². The topological polar surface area (TPSA) is 63.6 Å². The molecular weight excluding hydrogens is 295 g/mol. The van der Waals surface area contributed by atoms with Gasteiger partial charge in [0.15, 0.2) is 9.84 Å². The summed E-state index contributed by atoms with van der Waals surface area (Å²) in [5.41, 5.74) is 1.01. The highest BCUT2D eigenvalue weighted by molar-refractivity contribution is 7.90. The van der Waals surface area contributed by atoms with E-state index in [1.807, 2.05) is 0 Å². The lowest BCUT2D eigenvalue weighted by Gasteiger charge is -2.11. The van der Waals surface area contributed by atoms with E-state index in [9.17, 15) is 12.8 Å². The summed E-state index contributed by atoms with van der Waals surface area (Å²) >= 11 is 0. The van der Waals surface area contributed by atoms with Gasteiger partial charge in [0.1, 0.15) is 11.6 Å². The standard InChI is InChI=1S/C15H15FO4S/c1-20-15-6-5-11(9-17)7-12(15)10-21(18,19)14-4-2-3-13(16)8-14/h2-8,17H,9-10H2,1H3. The van der Waals surface area contributed by atoms with E-state index in [4.69, 9.17) is 9.84 Å². The maximum absolute atomic E-state index is 13.2. The van der Waals surface area contributed by atoms with E-state index < -0.39 is 15.7 Å². The predicted octanol–water partition coefficient (Wildman–Crippen LogP) is 2.30. The summed E-state index contributed by atoms with van der Waals surface area (Å²) in [5.74, 6) is -0.521. The van der Waals surface area contributed by atoms with E-state index in [2.05, 4.69) is 0 Å². The van der Waals surface area contributed by atoms with Crippen molar-refractivity contribution in [2.24, 2.45) is 0 Å². The van der Waals surface area contributed by atoms with Crippen molar-refractivity contribution in [3.05, 3.63) is 59.4 Å². The molecule has 0 radical (unpaired) electrons. The molecule has 1 N–H and O–H groups in total. The maximum atomic E-state index is 13.2. The van der Waals surface area contributed by atoms with E-state index in [0.717, 1.165) is 6.07 Å². The number of ether oxygens (including phenoxy) is 1. The van der Waals surface area contributed by atoms with Crippen molar-refractivity contribution < 1.29 is 22.7 Å². The number of aliphatic hydroxyl groups excluding tert-OH is 1. The van der Waals surface area contributed by atoms with Crippen LogP contribution in [0.15, 0.2) is 47.4 Å². The maximum Gasteiger partial charge on any atom is 0.182 e. The number of aliphatic hydroxyl groups is 1. The zero-order chi connectivity index (χ0) is 15.5. The van der Waals surface area contributed by atoms with Crippen LogP contribution in [0.2, 0.25) is 0 Å². The van der Waals surface area contributed by atoms with E-state index in [0.29, 0.717) is 16.9 Å². The van der Waals surface area contributed by atoms with Crippen molar-refractivity contribution in [2.75, 3.05) is 7.11 Å². The van der Waals surface area contributed by atoms with Gasteiger partial charge in [-0.2, -0.15) is 0 Å². The number of methoxy groups -OCH3 is 1. The van der Waals surface area contributed by atoms with Gasteiger partial charge in [0.05, 0.1) is 24.4 Å². The van der Waals surface area contributed by atoms with Crippen LogP contribution in [-0.4, -0.2) is 20.6 Å². The van der Waals surface area contributed by atoms with Crippen LogP contribution in [0.25, 0.3) is 0 Å². The Morgan fingerprint density at radius 3 is 2.57 bits per heavy atom. The second kappa shape index (κ2) is 6.24. The molecule has 0 atom stereocenters. The minimum atomic E-state index is -3.70. The molecule has 0 heterocycles. The van der Waals surface area contributed by atoms with Crippen molar-refractivity contribution in [2.45, 2.75) is 17.3 Å². The molecular formula is C15H15FO4S. The van der Waals surface area contributed by atoms with Gasteiger partial charge in [0, 0.05) is 5.56 Å². The molecule has 0 aliphatic heterocycles. The molecule has 0 saturated heterocycles. The Bertz CT molecular complexity index is 741. The summed E-state index contributed by atoms with van der Waals surface area (Å²) in [4.78, 5) is -0.0843. The van der Waals surface area contributed by atoms with Crippen molar-refractivity contribution in [1.82, 2.24) is 0 Å². The highest BCUT2D eigenvalue weighted by Crippen LogP contribution is 2.25. The van der Waals surface area contributed by atoms with Crippen LogP contribution in [0, 0.1) is 5.82 Å². The Morgan fingerprint density at radius 2 is 1.95 bits per heavy atom. The Kier molecular flexibility index (Phi) is 4.59. The average Bonchev–Trinajstić information content (AvgIpc) is 2.46. The van der Waals surface area contributed by atoms with Crippen molar-refractivity contribution >= 4 is 9.84 Å². The average molecular weight is 310 g/mol. The van der Waals surface area contributed by atoms with Gasteiger partial charge < -0.3 is 9.84 Å². The molecule has 0 aromatic heterocycles. The number of hydrogen-bond donors (Lipinski definition) is 1. The highest BCUT2D eigenvalue weighted by atomic mass is 32.2. The second-order valence-corrected chi connectivity index (χ2v) is 6.51. The monoisotopic (exact) mass is 310 g/mol. The first-order chi connectivity index (χ1) is 9.96. The normalized spacial score (nSPS) is 11.4. The van der Waals surface area contributed by atoms with Crippen molar-refractivity contribution in [3.63, 3.8) is 0 Å². The molecule has 2 rings (SSSR count). The summed E-state index contributed by atoms with van der Waals surface area (Å²) in [6.07, 6.45) is 0. The lowest BCUT2D eigenvalue weighted by molar-refractivity contribution is 0.281. The molecule has 0 spiro atoms. The first-order valence-corrected chi connectivity index (χ1v) is 7.86. The largest absolute Gasteiger partial charge is 0.496 e. The number of hydrogen-bond acceptors (Lipinski definition) is 4. The molecule has 0 fully saturated rings. The minimum Gasteiger partial charge on any atom is -0.496 e. The molecule has 112 valence electrons. The van der Waals surface area contributed by atoms with E-state index in [1.54, 1.807) is 18.2 Å². The summed E-state index contributed by atoms with van der Waals surface area (Å²) < 4.78 is 43.0. The van der Waals surface area contributed by atoms with Gasteiger partial charge in [-0.3, -0.25) is 0 Å². The Hall–Kier alpha value is -1.92. The molecule has 6 heteroatoms. The molecule has 0 bridgehead atoms.